The lowest BCUT2D eigenvalue weighted by molar-refractivity contribution is 0.321. The van der Waals surface area contributed by atoms with Gasteiger partial charge in [-0.15, -0.1) is 11.6 Å². The third kappa shape index (κ3) is 4.35. The van der Waals surface area contributed by atoms with Gasteiger partial charge >= 0.3 is 0 Å². The summed E-state index contributed by atoms with van der Waals surface area (Å²) in [7, 11) is 0. The number of unbranched alkanes of at least 4 members (excludes halogenated alkanes) is 5. The van der Waals surface area contributed by atoms with E-state index in [1.54, 1.807) is 0 Å². The van der Waals surface area contributed by atoms with Crippen molar-refractivity contribution in [3.05, 3.63) is 0 Å². The van der Waals surface area contributed by atoms with Crippen LogP contribution < -0.4 is 0 Å². The lowest BCUT2D eigenvalue weighted by Gasteiger charge is -2.35. The average molecular weight is 203 g/mol. The standard InChI is InChI=1S/C12H23Cl/c1-2-3-4-5-6-7-9-12(13)10-8-11-12/h2-11H2,1H3. The highest BCUT2D eigenvalue weighted by Crippen LogP contribution is 2.42. The van der Waals surface area contributed by atoms with Crippen LogP contribution in [0, 0.1) is 0 Å². The van der Waals surface area contributed by atoms with Gasteiger partial charge in [-0.25, -0.2) is 0 Å². The van der Waals surface area contributed by atoms with Crippen molar-refractivity contribution in [2.45, 2.75) is 76.0 Å². The predicted octanol–water partition coefficient (Wildman–Crippen LogP) is 4.90. The van der Waals surface area contributed by atoms with Crippen LogP contribution in [0.4, 0.5) is 0 Å². The summed E-state index contributed by atoms with van der Waals surface area (Å²) in [6.45, 7) is 2.27. The van der Waals surface area contributed by atoms with E-state index in [2.05, 4.69) is 6.92 Å². The van der Waals surface area contributed by atoms with Crippen molar-refractivity contribution in [3.8, 4) is 0 Å². The smallest absolute Gasteiger partial charge is 0.0446 e. The second kappa shape index (κ2) is 5.90. The fourth-order valence-electron chi connectivity index (χ4n) is 2.03. The van der Waals surface area contributed by atoms with Crippen molar-refractivity contribution >= 4 is 11.6 Å². The van der Waals surface area contributed by atoms with E-state index in [-0.39, 0.29) is 4.87 Å². The van der Waals surface area contributed by atoms with Crippen molar-refractivity contribution in [2.24, 2.45) is 0 Å². The molecule has 0 atom stereocenters. The van der Waals surface area contributed by atoms with Crippen molar-refractivity contribution in [2.75, 3.05) is 0 Å². The molecule has 0 bridgehead atoms. The summed E-state index contributed by atoms with van der Waals surface area (Å²) in [6.07, 6.45) is 13.5. The Hall–Kier alpha value is 0.290. The second-order valence-electron chi connectivity index (χ2n) is 4.52. The Bertz CT molecular complexity index is 127. The first-order valence-electron chi connectivity index (χ1n) is 5.96. The van der Waals surface area contributed by atoms with E-state index in [0.717, 1.165) is 0 Å². The molecule has 0 heterocycles. The maximum Gasteiger partial charge on any atom is 0.0446 e. The maximum atomic E-state index is 6.35. The van der Waals surface area contributed by atoms with Crippen molar-refractivity contribution in [1.29, 1.82) is 0 Å². The van der Waals surface area contributed by atoms with Crippen LogP contribution in [-0.4, -0.2) is 4.87 Å². The molecule has 0 aliphatic heterocycles. The summed E-state index contributed by atoms with van der Waals surface area (Å²) < 4.78 is 0. The van der Waals surface area contributed by atoms with Crippen LogP contribution in [0.2, 0.25) is 0 Å². The molecule has 1 fully saturated rings. The molecule has 0 N–H and O–H groups in total. The molecule has 78 valence electrons. The molecule has 0 aromatic heterocycles. The van der Waals surface area contributed by atoms with Gasteiger partial charge in [-0.05, 0) is 25.7 Å². The molecular weight excluding hydrogens is 180 g/mol. The van der Waals surface area contributed by atoms with Crippen LogP contribution in [0.15, 0.2) is 0 Å². The molecule has 0 spiro atoms. The molecule has 1 heteroatoms. The summed E-state index contributed by atoms with van der Waals surface area (Å²) in [6, 6.07) is 0. The van der Waals surface area contributed by atoms with Gasteiger partial charge in [-0.1, -0.05) is 45.4 Å². The maximum absolute atomic E-state index is 6.35. The molecule has 1 saturated carbocycles. The SMILES string of the molecule is CCCCCCCCC1(Cl)CCC1. The third-order valence-electron chi connectivity index (χ3n) is 3.23. The zero-order valence-corrected chi connectivity index (χ0v) is 9.70. The topological polar surface area (TPSA) is 0 Å². The average Bonchev–Trinajstić information content (AvgIpc) is 2.08. The van der Waals surface area contributed by atoms with Crippen LogP contribution in [0.25, 0.3) is 0 Å². The van der Waals surface area contributed by atoms with Crippen LogP contribution in [0.3, 0.4) is 0 Å². The fraction of sp³-hybridized carbons (Fsp3) is 1.00. The first-order chi connectivity index (χ1) is 6.27. The Labute approximate surface area is 88.1 Å². The molecule has 0 amide bonds. The minimum absolute atomic E-state index is 0.241. The number of rotatable bonds is 7. The lowest BCUT2D eigenvalue weighted by atomic mass is 9.80. The minimum Gasteiger partial charge on any atom is -0.119 e. The number of hydrogen-bond donors (Lipinski definition) is 0. The number of halogens is 1. The van der Waals surface area contributed by atoms with E-state index in [0.29, 0.717) is 0 Å². The quantitative estimate of drug-likeness (QED) is 0.407. The van der Waals surface area contributed by atoms with Gasteiger partial charge in [0.15, 0.2) is 0 Å². The minimum atomic E-state index is 0.241. The molecule has 0 nitrogen and oxygen atoms in total. The predicted molar refractivity (Wildman–Crippen MR) is 60.4 cm³/mol. The first kappa shape index (κ1) is 11.4. The number of hydrogen-bond acceptors (Lipinski definition) is 0. The van der Waals surface area contributed by atoms with Gasteiger partial charge in [0.05, 0.1) is 0 Å². The van der Waals surface area contributed by atoms with Gasteiger partial charge in [0.2, 0.25) is 0 Å². The summed E-state index contributed by atoms with van der Waals surface area (Å²) >= 11 is 6.35. The lowest BCUT2D eigenvalue weighted by Crippen LogP contribution is -2.29. The summed E-state index contributed by atoms with van der Waals surface area (Å²) in [5.74, 6) is 0. The largest absolute Gasteiger partial charge is 0.119 e. The van der Waals surface area contributed by atoms with Gasteiger partial charge in [0.1, 0.15) is 0 Å². The van der Waals surface area contributed by atoms with Crippen molar-refractivity contribution in [1.82, 2.24) is 0 Å². The Morgan fingerprint density at radius 1 is 1.00 bits per heavy atom. The van der Waals surface area contributed by atoms with Gasteiger partial charge in [0, 0.05) is 4.87 Å². The van der Waals surface area contributed by atoms with Crippen LogP contribution in [0.5, 0.6) is 0 Å². The Morgan fingerprint density at radius 2 is 1.62 bits per heavy atom. The summed E-state index contributed by atoms with van der Waals surface area (Å²) in [5, 5.41) is 0. The molecule has 1 aliphatic rings. The molecule has 0 unspecified atom stereocenters. The highest BCUT2D eigenvalue weighted by molar-refractivity contribution is 6.24. The molecule has 13 heavy (non-hydrogen) atoms. The highest BCUT2D eigenvalue weighted by atomic mass is 35.5. The Kier molecular flexibility index (Phi) is 5.16. The second-order valence-corrected chi connectivity index (χ2v) is 5.32. The third-order valence-corrected chi connectivity index (χ3v) is 3.79. The molecule has 0 aromatic rings. The zero-order valence-electron chi connectivity index (χ0n) is 8.95. The zero-order chi connectivity index (χ0) is 9.57. The van der Waals surface area contributed by atoms with Crippen LogP contribution >= 0.6 is 11.6 Å². The van der Waals surface area contributed by atoms with Crippen LogP contribution in [-0.2, 0) is 0 Å². The monoisotopic (exact) mass is 202 g/mol. The van der Waals surface area contributed by atoms with E-state index < -0.39 is 0 Å². The molecule has 0 saturated heterocycles. The molecular formula is C12H23Cl. The number of alkyl halides is 1. The molecule has 1 aliphatic carbocycles. The highest BCUT2D eigenvalue weighted by Gasteiger charge is 2.33. The normalized spacial score (nSPS) is 19.8. The first-order valence-corrected chi connectivity index (χ1v) is 6.33. The summed E-state index contributed by atoms with van der Waals surface area (Å²) in [5.41, 5.74) is 0. The van der Waals surface area contributed by atoms with E-state index in [4.69, 9.17) is 11.6 Å². The van der Waals surface area contributed by atoms with E-state index in [1.807, 2.05) is 0 Å². The van der Waals surface area contributed by atoms with Gasteiger partial charge in [0.25, 0.3) is 0 Å². The van der Waals surface area contributed by atoms with Gasteiger partial charge in [-0.3, -0.25) is 0 Å². The van der Waals surface area contributed by atoms with Crippen molar-refractivity contribution in [3.63, 3.8) is 0 Å². The Morgan fingerprint density at radius 3 is 2.15 bits per heavy atom. The fourth-order valence-corrected chi connectivity index (χ4v) is 2.43. The molecule has 0 aromatic carbocycles. The van der Waals surface area contributed by atoms with Crippen LogP contribution in [0.1, 0.15) is 71.1 Å². The van der Waals surface area contributed by atoms with Gasteiger partial charge in [-0.2, -0.15) is 0 Å². The van der Waals surface area contributed by atoms with E-state index in [9.17, 15) is 0 Å². The van der Waals surface area contributed by atoms with Gasteiger partial charge < -0.3 is 0 Å². The Balaban J connectivity index is 1.83. The molecule has 0 radical (unpaired) electrons. The van der Waals surface area contributed by atoms with Crippen molar-refractivity contribution < 1.29 is 0 Å². The van der Waals surface area contributed by atoms with E-state index in [1.165, 1.54) is 64.2 Å². The summed E-state index contributed by atoms with van der Waals surface area (Å²) in [4.78, 5) is 0.241. The molecule has 1 rings (SSSR count). The van der Waals surface area contributed by atoms with E-state index >= 15 is 0 Å².